The fraction of sp³-hybridized carbons (Fsp3) is 0.429. The molecule has 0 aliphatic carbocycles. The largest absolute Gasteiger partial charge is 0.468 e. The van der Waals surface area contributed by atoms with Gasteiger partial charge in [-0.05, 0) is 24.1 Å². The van der Waals surface area contributed by atoms with E-state index in [0.717, 1.165) is 0 Å². The van der Waals surface area contributed by atoms with Crippen molar-refractivity contribution in [2.75, 3.05) is 30.9 Å². The Labute approximate surface area is 118 Å². The van der Waals surface area contributed by atoms with Crippen LogP contribution in [0.15, 0.2) is 24.3 Å². The van der Waals surface area contributed by atoms with E-state index < -0.39 is 6.09 Å². The Morgan fingerprint density at radius 2 is 1.95 bits per heavy atom. The molecule has 0 atom stereocenters. The van der Waals surface area contributed by atoms with Gasteiger partial charge in [0.1, 0.15) is 6.54 Å². The van der Waals surface area contributed by atoms with Crippen molar-refractivity contribution in [3.63, 3.8) is 0 Å². The Bertz CT molecular complexity index is 460. The number of methoxy groups -OCH3 is 1. The molecular formula is C14H20N2O4. The SMILES string of the molecule is COC(=O)CNc1cccc(NC(=O)OCC(C)C)c1. The van der Waals surface area contributed by atoms with Gasteiger partial charge in [-0.1, -0.05) is 19.9 Å². The molecule has 1 amide bonds. The van der Waals surface area contributed by atoms with Crippen molar-refractivity contribution in [3.05, 3.63) is 24.3 Å². The van der Waals surface area contributed by atoms with E-state index in [1.807, 2.05) is 13.8 Å². The Morgan fingerprint density at radius 3 is 2.60 bits per heavy atom. The van der Waals surface area contributed by atoms with Crippen molar-refractivity contribution in [2.45, 2.75) is 13.8 Å². The highest BCUT2D eigenvalue weighted by Crippen LogP contribution is 2.15. The highest BCUT2D eigenvalue weighted by molar-refractivity contribution is 5.85. The molecule has 0 heterocycles. The monoisotopic (exact) mass is 280 g/mol. The summed E-state index contributed by atoms with van der Waals surface area (Å²) in [6.45, 7) is 4.36. The maximum absolute atomic E-state index is 11.5. The summed E-state index contributed by atoms with van der Waals surface area (Å²) in [6, 6.07) is 6.99. The molecule has 0 unspecified atom stereocenters. The van der Waals surface area contributed by atoms with Crippen LogP contribution in [0.2, 0.25) is 0 Å². The number of nitrogens with one attached hydrogen (secondary N) is 2. The van der Waals surface area contributed by atoms with E-state index in [1.54, 1.807) is 24.3 Å². The van der Waals surface area contributed by atoms with Crippen molar-refractivity contribution in [3.8, 4) is 0 Å². The average Bonchev–Trinajstić information content (AvgIpc) is 2.43. The van der Waals surface area contributed by atoms with Crippen LogP contribution in [0.1, 0.15) is 13.8 Å². The van der Waals surface area contributed by atoms with Crippen LogP contribution in [0.3, 0.4) is 0 Å². The van der Waals surface area contributed by atoms with Crippen LogP contribution in [0.5, 0.6) is 0 Å². The topological polar surface area (TPSA) is 76.7 Å². The fourth-order valence-corrected chi connectivity index (χ4v) is 1.35. The van der Waals surface area contributed by atoms with E-state index in [2.05, 4.69) is 15.4 Å². The molecule has 0 radical (unpaired) electrons. The summed E-state index contributed by atoms with van der Waals surface area (Å²) in [6.07, 6.45) is -0.496. The molecule has 0 bridgehead atoms. The number of hydrogen-bond acceptors (Lipinski definition) is 5. The second-order valence-corrected chi connectivity index (χ2v) is 4.63. The van der Waals surface area contributed by atoms with E-state index in [1.165, 1.54) is 7.11 Å². The third-order valence-electron chi connectivity index (χ3n) is 2.32. The average molecular weight is 280 g/mol. The zero-order chi connectivity index (χ0) is 15.0. The summed E-state index contributed by atoms with van der Waals surface area (Å²) in [5.74, 6) is -0.0755. The smallest absolute Gasteiger partial charge is 0.411 e. The molecule has 0 fully saturated rings. The van der Waals surface area contributed by atoms with E-state index in [0.29, 0.717) is 18.0 Å². The molecular weight excluding hydrogens is 260 g/mol. The number of benzene rings is 1. The van der Waals surface area contributed by atoms with Crippen LogP contribution >= 0.6 is 0 Å². The van der Waals surface area contributed by atoms with Gasteiger partial charge < -0.3 is 14.8 Å². The second kappa shape index (κ2) is 8.04. The van der Waals surface area contributed by atoms with Gasteiger partial charge in [-0.3, -0.25) is 10.1 Å². The molecule has 0 spiro atoms. The van der Waals surface area contributed by atoms with E-state index in [9.17, 15) is 9.59 Å². The number of ether oxygens (including phenoxy) is 2. The van der Waals surface area contributed by atoms with Gasteiger partial charge in [-0.15, -0.1) is 0 Å². The van der Waals surface area contributed by atoms with Gasteiger partial charge in [-0.25, -0.2) is 4.79 Å². The van der Waals surface area contributed by atoms with Gasteiger partial charge >= 0.3 is 12.1 Å². The van der Waals surface area contributed by atoms with Crippen LogP contribution in [0.4, 0.5) is 16.2 Å². The lowest BCUT2D eigenvalue weighted by Crippen LogP contribution is -2.17. The Balaban J connectivity index is 2.50. The lowest BCUT2D eigenvalue weighted by atomic mass is 10.2. The molecule has 6 nitrogen and oxygen atoms in total. The van der Waals surface area contributed by atoms with Crippen LogP contribution in [0, 0.1) is 5.92 Å². The zero-order valence-electron chi connectivity index (χ0n) is 11.9. The van der Waals surface area contributed by atoms with Gasteiger partial charge in [0.25, 0.3) is 0 Å². The molecule has 1 aromatic rings. The molecule has 1 rings (SSSR count). The molecule has 0 saturated heterocycles. The van der Waals surface area contributed by atoms with Gasteiger partial charge in [0, 0.05) is 11.4 Å². The maximum Gasteiger partial charge on any atom is 0.411 e. The lowest BCUT2D eigenvalue weighted by molar-refractivity contribution is -0.138. The molecule has 1 aromatic carbocycles. The van der Waals surface area contributed by atoms with Crippen LogP contribution in [-0.4, -0.2) is 32.3 Å². The Morgan fingerprint density at radius 1 is 1.25 bits per heavy atom. The molecule has 6 heteroatoms. The molecule has 20 heavy (non-hydrogen) atoms. The minimum atomic E-state index is -0.496. The maximum atomic E-state index is 11.5. The van der Waals surface area contributed by atoms with Crippen molar-refractivity contribution >= 4 is 23.4 Å². The summed E-state index contributed by atoms with van der Waals surface area (Å²) < 4.78 is 9.55. The summed E-state index contributed by atoms with van der Waals surface area (Å²) in [5, 5.41) is 5.51. The van der Waals surface area contributed by atoms with E-state index in [4.69, 9.17) is 4.74 Å². The van der Waals surface area contributed by atoms with Crippen molar-refractivity contribution in [2.24, 2.45) is 5.92 Å². The van der Waals surface area contributed by atoms with Gasteiger partial charge in [0.05, 0.1) is 13.7 Å². The summed E-state index contributed by atoms with van der Waals surface area (Å²) >= 11 is 0. The highest BCUT2D eigenvalue weighted by Gasteiger charge is 2.05. The molecule has 0 aliphatic heterocycles. The Kier molecular flexibility index (Phi) is 6.36. The minimum Gasteiger partial charge on any atom is -0.468 e. The van der Waals surface area contributed by atoms with Crippen LogP contribution in [0.25, 0.3) is 0 Å². The van der Waals surface area contributed by atoms with Gasteiger partial charge in [0.15, 0.2) is 0 Å². The highest BCUT2D eigenvalue weighted by atomic mass is 16.5. The summed E-state index contributed by atoms with van der Waals surface area (Å²) in [4.78, 5) is 22.5. The third-order valence-corrected chi connectivity index (χ3v) is 2.32. The number of carbonyl (C=O) groups is 2. The predicted octanol–water partition coefficient (Wildman–Crippen LogP) is 2.48. The first kappa shape index (κ1) is 15.8. The summed E-state index contributed by atoms with van der Waals surface area (Å²) in [7, 11) is 1.33. The first-order valence-electron chi connectivity index (χ1n) is 6.35. The predicted molar refractivity (Wildman–Crippen MR) is 76.8 cm³/mol. The quantitative estimate of drug-likeness (QED) is 0.783. The van der Waals surface area contributed by atoms with Crippen molar-refractivity contribution in [1.82, 2.24) is 0 Å². The standard InChI is InChI=1S/C14H20N2O4/c1-10(2)9-20-14(18)16-12-6-4-5-11(7-12)15-8-13(17)19-3/h4-7,10,15H,8-9H2,1-3H3,(H,16,18). The van der Waals surface area contributed by atoms with Crippen LogP contribution in [-0.2, 0) is 14.3 Å². The zero-order valence-corrected chi connectivity index (χ0v) is 11.9. The minimum absolute atomic E-state index is 0.0672. The molecule has 0 aliphatic rings. The molecule has 0 saturated carbocycles. The first-order chi connectivity index (χ1) is 9.51. The number of esters is 1. The lowest BCUT2D eigenvalue weighted by Gasteiger charge is -2.10. The number of hydrogen-bond donors (Lipinski definition) is 2. The third kappa shape index (κ3) is 6.08. The number of amides is 1. The second-order valence-electron chi connectivity index (χ2n) is 4.63. The fourth-order valence-electron chi connectivity index (χ4n) is 1.35. The first-order valence-corrected chi connectivity index (χ1v) is 6.35. The van der Waals surface area contributed by atoms with Crippen LogP contribution < -0.4 is 10.6 Å². The molecule has 0 aromatic heterocycles. The molecule has 2 N–H and O–H groups in total. The van der Waals surface area contributed by atoms with Crippen molar-refractivity contribution in [1.29, 1.82) is 0 Å². The summed E-state index contributed by atoms with van der Waals surface area (Å²) in [5.41, 5.74) is 1.30. The van der Waals surface area contributed by atoms with Gasteiger partial charge in [-0.2, -0.15) is 0 Å². The number of carbonyl (C=O) groups excluding carboxylic acids is 2. The Hall–Kier alpha value is -2.24. The normalized spacial score (nSPS) is 10.0. The number of anilines is 2. The van der Waals surface area contributed by atoms with E-state index >= 15 is 0 Å². The molecule has 110 valence electrons. The van der Waals surface area contributed by atoms with Gasteiger partial charge in [0.2, 0.25) is 0 Å². The number of rotatable bonds is 6. The van der Waals surface area contributed by atoms with Crippen molar-refractivity contribution < 1.29 is 19.1 Å². The van der Waals surface area contributed by atoms with E-state index in [-0.39, 0.29) is 18.4 Å².